The van der Waals surface area contributed by atoms with Crippen molar-refractivity contribution < 1.29 is 14.3 Å². The average Bonchev–Trinajstić information content (AvgIpc) is 3.21. The third kappa shape index (κ3) is 3.83. The minimum absolute atomic E-state index is 0.0681. The van der Waals surface area contributed by atoms with Crippen molar-refractivity contribution in [2.45, 2.75) is 4.90 Å². The Morgan fingerprint density at radius 3 is 2.88 bits per heavy atom. The summed E-state index contributed by atoms with van der Waals surface area (Å²) in [6, 6.07) is 13.3. The first-order chi connectivity index (χ1) is 12.8. The number of thioether (sulfide) groups is 1. The highest BCUT2D eigenvalue weighted by Gasteiger charge is 2.13. The Morgan fingerprint density at radius 2 is 2.04 bits per heavy atom. The van der Waals surface area contributed by atoms with Gasteiger partial charge in [0.05, 0.1) is 5.75 Å². The number of imidazole rings is 1. The first-order valence-electron chi connectivity index (χ1n) is 8.20. The summed E-state index contributed by atoms with van der Waals surface area (Å²) < 4.78 is 11.1. The molecule has 4 rings (SSSR count). The molecule has 2 heterocycles. The molecule has 0 unspecified atom stereocenters. The SMILES string of the molecule is O=C(CSc1ccc2c(c1)OCCO2)Nc1cccc(-c2ncc[nH]2)c1. The molecule has 0 fully saturated rings. The summed E-state index contributed by atoms with van der Waals surface area (Å²) in [7, 11) is 0. The Labute approximate surface area is 154 Å². The van der Waals surface area contributed by atoms with Gasteiger partial charge in [-0.3, -0.25) is 4.79 Å². The van der Waals surface area contributed by atoms with Crippen molar-refractivity contribution in [3.05, 3.63) is 54.9 Å². The molecule has 0 saturated heterocycles. The summed E-state index contributed by atoms with van der Waals surface area (Å²) in [5, 5.41) is 2.92. The monoisotopic (exact) mass is 367 g/mol. The third-order valence-corrected chi connectivity index (χ3v) is 4.80. The van der Waals surface area contributed by atoms with Crippen LogP contribution in [0.4, 0.5) is 5.69 Å². The number of nitrogens with zero attached hydrogens (tertiary/aromatic N) is 1. The lowest BCUT2D eigenvalue weighted by molar-refractivity contribution is -0.113. The summed E-state index contributed by atoms with van der Waals surface area (Å²) in [6.45, 7) is 1.12. The molecular weight excluding hydrogens is 350 g/mol. The van der Waals surface area contributed by atoms with Gasteiger partial charge in [-0.15, -0.1) is 11.8 Å². The van der Waals surface area contributed by atoms with E-state index < -0.39 is 0 Å². The molecule has 1 aliphatic heterocycles. The Bertz CT molecular complexity index is 912. The Morgan fingerprint density at radius 1 is 1.15 bits per heavy atom. The number of aromatic nitrogens is 2. The molecule has 2 N–H and O–H groups in total. The van der Waals surface area contributed by atoms with E-state index in [2.05, 4.69) is 15.3 Å². The lowest BCUT2D eigenvalue weighted by Gasteiger charge is -2.18. The smallest absolute Gasteiger partial charge is 0.234 e. The van der Waals surface area contributed by atoms with Crippen molar-refractivity contribution in [3.63, 3.8) is 0 Å². The topological polar surface area (TPSA) is 76.2 Å². The first kappa shape index (κ1) is 16.5. The van der Waals surface area contributed by atoms with Crippen LogP contribution in [0.3, 0.4) is 0 Å². The number of hydrogen-bond donors (Lipinski definition) is 2. The quantitative estimate of drug-likeness (QED) is 0.674. The number of carbonyl (C=O) groups excluding carboxylic acids is 1. The van der Waals surface area contributed by atoms with Crippen molar-refractivity contribution in [1.82, 2.24) is 9.97 Å². The zero-order valence-corrected chi connectivity index (χ0v) is 14.7. The van der Waals surface area contributed by atoms with Crippen LogP contribution in [0.2, 0.25) is 0 Å². The van der Waals surface area contributed by atoms with Gasteiger partial charge in [0.25, 0.3) is 0 Å². The van der Waals surface area contributed by atoms with Gasteiger partial charge in [0.2, 0.25) is 5.91 Å². The van der Waals surface area contributed by atoms with Crippen molar-refractivity contribution in [1.29, 1.82) is 0 Å². The summed E-state index contributed by atoms with van der Waals surface area (Å²) in [6.07, 6.45) is 3.47. The van der Waals surface area contributed by atoms with E-state index in [1.807, 2.05) is 42.5 Å². The molecule has 0 spiro atoms. The van der Waals surface area contributed by atoms with E-state index in [-0.39, 0.29) is 5.91 Å². The van der Waals surface area contributed by atoms with Crippen LogP contribution in [0.1, 0.15) is 0 Å². The van der Waals surface area contributed by atoms with Crippen LogP contribution in [-0.4, -0.2) is 34.8 Å². The lowest BCUT2D eigenvalue weighted by Crippen LogP contribution is -2.15. The number of fused-ring (bicyclic) bond motifs is 1. The Kier molecular flexibility index (Phi) is 4.79. The second-order valence-electron chi connectivity index (χ2n) is 5.66. The molecule has 2 aromatic carbocycles. The lowest BCUT2D eigenvalue weighted by atomic mass is 10.2. The van der Waals surface area contributed by atoms with E-state index in [0.29, 0.717) is 19.0 Å². The van der Waals surface area contributed by atoms with Gasteiger partial charge in [-0.25, -0.2) is 4.98 Å². The summed E-state index contributed by atoms with van der Waals surface area (Å²) in [5.74, 6) is 2.49. The number of benzene rings is 2. The molecule has 0 radical (unpaired) electrons. The number of carbonyl (C=O) groups is 1. The highest BCUT2D eigenvalue weighted by Crippen LogP contribution is 2.34. The second-order valence-corrected chi connectivity index (χ2v) is 6.71. The maximum Gasteiger partial charge on any atom is 0.234 e. The van der Waals surface area contributed by atoms with Crippen LogP contribution in [-0.2, 0) is 4.79 Å². The Hall–Kier alpha value is -2.93. The summed E-state index contributed by atoms with van der Waals surface area (Å²) in [5.41, 5.74) is 1.67. The zero-order valence-electron chi connectivity index (χ0n) is 13.9. The standard InChI is InChI=1S/C19H17N3O3S/c23-18(12-26-15-4-5-16-17(11-15)25-9-8-24-16)22-14-3-1-2-13(10-14)19-20-6-7-21-19/h1-7,10-11H,8-9,12H2,(H,20,21)(H,22,23). The number of aromatic amines is 1. The van der Waals surface area contributed by atoms with Gasteiger partial charge in [0, 0.05) is 28.5 Å². The van der Waals surface area contributed by atoms with E-state index in [0.717, 1.165) is 33.5 Å². The van der Waals surface area contributed by atoms with Crippen LogP contribution < -0.4 is 14.8 Å². The van der Waals surface area contributed by atoms with Crippen molar-refractivity contribution in [2.24, 2.45) is 0 Å². The molecule has 7 heteroatoms. The minimum atomic E-state index is -0.0681. The van der Waals surface area contributed by atoms with Crippen molar-refractivity contribution in [3.8, 4) is 22.9 Å². The summed E-state index contributed by atoms with van der Waals surface area (Å²) in [4.78, 5) is 20.5. The van der Waals surface area contributed by atoms with Crippen LogP contribution in [0, 0.1) is 0 Å². The number of ether oxygens (including phenoxy) is 2. The number of amides is 1. The highest BCUT2D eigenvalue weighted by atomic mass is 32.2. The fourth-order valence-corrected chi connectivity index (χ4v) is 3.35. The molecule has 3 aromatic rings. The predicted octanol–water partition coefficient (Wildman–Crippen LogP) is 3.58. The maximum atomic E-state index is 12.3. The van der Waals surface area contributed by atoms with Gasteiger partial charge in [0.1, 0.15) is 19.0 Å². The largest absolute Gasteiger partial charge is 0.486 e. The van der Waals surface area contributed by atoms with Gasteiger partial charge in [0.15, 0.2) is 11.5 Å². The highest BCUT2D eigenvalue weighted by molar-refractivity contribution is 8.00. The number of hydrogen-bond acceptors (Lipinski definition) is 5. The molecule has 1 aliphatic rings. The number of anilines is 1. The van der Waals surface area contributed by atoms with E-state index >= 15 is 0 Å². The predicted molar refractivity (Wildman–Crippen MR) is 101 cm³/mol. The first-order valence-corrected chi connectivity index (χ1v) is 9.18. The van der Waals surface area contributed by atoms with Gasteiger partial charge >= 0.3 is 0 Å². The molecule has 6 nitrogen and oxygen atoms in total. The molecule has 26 heavy (non-hydrogen) atoms. The van der Waals surface area contributed by atoms with E-state index in [9.17, 15) is 4.79 Å². The molecule has 1 amide bonds. The minimum Gasteiger partial charge on any atom is -0.486 e. The van der Waals surface area contributed by atoms with E-state index in [1.54, 1.807) is 12.4 Å². The van der Waals surface area contributed by atoms with Gasteiger partial charge in [-0.05, 0) is 30.3 Å². The fourth-order valence-electron chi connectivity index (χ4n) is 2.63. The molecule has 132 valence electrons. The van der Waals surface area contributed by atoms with Gasteiger partial charge in [-0.2, -0.15) is 0 Å². The molecule has 0 aliphatic carbocycles. The Balaban J connectivity index is 1.36. The second kappa shape index (κ2) is 7.53. The van der Waals surface area contributed by atoms with Crippen molar-refractivity contribution >= 4 is 23.4 Å². The summed E-state index contributed by atoms with van der Waals surface area (Å²) >= 11 is 1.46. The number of H-pyrrole nitrogens is 1. The van der Waals surface area contributed by atoms with Crippen molar-refractivity contribution in [2.75, 3.05) is 24.3 Å². The van der Waals surface area contributed by atoms with Crippen LogP contribution >= 0.6 is 11.8 Å². The van der Waals surface area contributed by atoms with Crippen LogP contribution in [0.15, 0.2) is 59.8 Å². The molecule has 0 atom stereocenters. The number of nitrogens with one attached hydrogen (secondary N) is 2. The molecule has 0 bridgehead atoms. The van der Waals surface area contributed by atoms with Crippen LogP contribution in [0.5, 0.6) is 11.5 Å². The normalized spacial score (nSPS) is 12.6. The third-order valence-electron chi connectivity index (χ3n) is 3.80. The van der Waals surface area contributed by atoms with E-state index in [1.165, 1.54) is 11.8 Å². The van der Waals surface area contributed by atoms with E-state index in [4.69, 9.17) is 9.47 Å². The zero-order chi connectivity index (χ0) is 17.8. The number of rotatable bonds is 5. The maximum absolute atomic E-state index is 12.3. The molecular formula is C19H17N3O3S. The molecule has 1 aromatic heterocycles. The van der Waals surface area contributed by atoms with Gasteiger partial charge in [-0.1, -0.05) is 12.1 Å². The van der Waals surface area contributed by atoms with Gasteiger partial charge < -0.3 is 19.8 Å². The average molecular weight is 367 g/mol. The molecule has 0 saturated carbocycles. The fraction of sp³-hybridized carbons (Fsp3) is 0.158. The van der Waals surface area contributed by atoms with Crippen LogP contribution in [0.25, 0.3) is 11.4 Å².